The molecule has 0 aromatic heterocycles. The molecule has 1 rings (SSSR count). The summed E-state index contributed by atoms with van der Waals surface area (Å²) in [6.07, 6.45) is 18.1. The van der Waals surface area contributed by atoms with Gasteiger partial charge in [-0.3, -0.25) is 5.32 Å². The van der Waals surface area contributed by atoms with Crippen LogP contribution in [-0.4, -0.2) is 12.7 Å². The second-order valence-electron chi connectivity index (χ2n) is 7.37. The largest absolute Gasteiger partial charge is 0.449 e. The fourth-order valence-electron chi connectivity index (χ4n) is 3.18. The molecular weight excluding hydrogens is 358 g/mol. The van der Waals surface area contributed by atoms with Gasteiger partial charge in [0.05, 0.1) is 6.61 Å². The Bertz CT molecular complexity index is 493. The topological polar surface area (TPSA) is 38.3 Å². The third-order valence-corrected chi connectivity index (χ3v) is 5.04. The normalized spacial score (nSPS) is 10.7. The fourth-order valence-corrected chi connectivity index (χ4v) is 3.37. The van der Waals surface area contributed by atoms with Gasteiger partial charge in [0, 0.05) is 10.7 Å². The van der Waals surface area contributed by atoms with E-state index in [0.29, 0.717) is 17.3 Å². The van der Waals surface area contributed by atoms with Gasteiger partial charge in [0.15, 0.2) is 0 Å². The summed E-state index contributed by atoms with van der Waals surface area (Å²) in [5.74, 6) is 0. The standard InChI is InChI=1S/C23H38ClNO2/c1-2-3-4-5-6-7-8-9-10-11-12-13-14-15-19-27-23(26)25-22-18-16-17-21(24)20-22/h16-18,20H,2-15,19H2,1H3,(H,25,26). The van der Waals surface area contributed by atoms with Crippen molar-refractivity contribution < 1.29 is 9.53 Å². The van der Waals surface area contributed by atoms with Crippen LogP contribution in [0.2, 0.25) is 5.02 Å². The summed E-state index contributed by atoms with van der Waals surface area (Å²) in [6.45, 7) is 2.75. The Morgan fingerprint density at radius 1 is 0.852 bits per heavy atom. The zero-order valence-corrected chi connectivity index (χ0v) is 17.9. The van der Waals surface area contributed by atoms with Crippen LogP contribution in [0.3, 0.4) is 0 Å². The number of benzene rings is 1. The quantitative estimate of drug-likeness (QED) is 0.285. The number of halogens is 1. The van der Waals surface area contributed by atoms with E-state index in [-0.39, 0.29) is 0 Å². The molecule has 0 saturated carbocycles. The van der Waals surface area contributed by atoms with Crippen LogP contribution in [0.15, 0.2) is 24.3 Å². The van der Waals surface area contributed by atoms with Crippen molar-refractivity contribution in [3.05, 3.63) is 29.3 Å². The number of hydrogen-bond donors (Lipinski definition) is 1. The van der Waals surface area contributed by atoms with Crippen molar-refractivity contribution in [2.75, 3.05) is 11.9 Å². The number of carbonyl (C=O) groups is 1. The van der Waals surface area contributed by atoms with Gasteiger partial charge in [-0.25, -0.2) is 4.79 Å². The van der Waals surface area contributed by atoms with Gasteiger partial charge in [0.2, 0.25) is 0 Å². The Kier molecular flexibility index (Phi) is 14.9. The Labute approximate surface area is 171 Å². The van der Waals surface area contributed by atoms with Crippen LogP contribution in [0, 0.1) is 0 Å². The van der Waals surface area contributed by atoms with Crippen molar-refractivity contribution >= 4 is 23.4 Å². The van der Waals surface area contributed by atoms with Gasteiger partial charge < -0.3 is 4.74 Å². The molecule has 1 aromatic rings. The monoisotopic (exact) mass is 395 g/mol. The number of carbonyl (C=O) groups excluding carboxylic acids is 1. The number of unbranched alkanes of at least 4 members (excludes halogenated alkanes) is 13. The molecule has 3 nitrogen and oxygen atoms in total. The maximum absolute atomic E-state index is 11.7. The number of ether oxygens (including phenoxy) is 1. The lowest BCUT2D eigenvalue weighted by Crippen LogP contribution is -2.14. The number of rotatable bonds is 16. The van der Waals surface area contributed by atoms with Crippen molar-refractivity contribution in [3.63, 3.8) is 0 Å². The van der Waals surface area contributed by atoms with Crippen LogP contribution in [0.4, 0.5) is 10.5 Å². The molecule has 0 aliphatic rings. The van der Waals surface area contributed by atoms with E-state index in [1.807, 2.05) is 0 Å². The highest BCUT2D eigenvalue weighted by Crippen LogP contribution is 2.15. The first-order valence-electron chi connectivity index (χ1n) is 10.9. The molecule has 4 heteroatoms. The van der Waals surface area contributed by atoms with Gasteiger partial charge in [-0.2, -0.15) is 0 Å². The molecule has 0 fully saturated rings. The Morgan fingerprint density at radius 2 is 1.37 bits per heavy atom. The Hall–Kier alpha value is -1.22. The minimum atomic E-state index is -0.410. The molecule has 0 heterocycles. The molecule has 0 bridgehead atoms. The predicted octanol–water partition coefficient (Wildman–Crippen LogP) is 8.37. The number of amides is 1. The van der Waals surface area contributed by atoms with Gasteiger partial charge in [-0.15, -0.1) is 0 Å². The summed E-state index contributed by atoms with van der Waals surface area (Å²) < 4.78 is 5.20. The average Bonchev–Trinajstić information content (AvgIpc) is 2.65. The number of anilines is 1. The summed E-state index contributed by atoms with van der Waals surface area (Å²) in [5, 5.41) is 3.28. The molecule has 154 valence electrons. The number of hydrogen-bond acceptors (Lipinski definition) is 2. The van der Waals surface area contributed by atoms with Crippen LogP contribution in [0.5, 0.6) is 0 Å². The first kappa shape index (κ1) is 23.8. The summed E-state index contributed by atoms with van der Waals surface area (Å²) in [5.41, 5.74) is 0.661. The lowest BCUT2D eigenvalue weighted by molar-refractivity contribution is 0.159. The highest BCUT2D eigenvalue weighted by atomic mass is 35.5. The SMILES string of the molecule is CCCCCCCCCCCCCCCCOC(=O)Nc1cccc(Cl)c1. The molecule has 0 unspecified atom stereocenters. The number of nitrogens with one attached hydrogen (secondary N) is 1. The first-order chi connectivity index (χ1) is 13.2. The van der Waals surface area contributed by atoms with Crippen LogP contribution in [0.25, 0.3) is 0 Å². The van der Waals surface area contributed by atoms with Gasteiger partial charge in [-0.05, 0) is 24.6 Å². The molecule has 0 atom stereocenters. The molecular formula is C23H38ClNO2. The van der Waals surface area contributed by atoms with E-state index < -0.39 is 6.09 Å². The summed E-state index contributed by atoms with van der Waals surface area (Å²) in [6, 6.07) is 7.06. The smallest absolute Gasteiger partial charge is 0.411 e. The minimum Gasteiger partial charge on any atom is -0.449 e. The lowest BCUT2D eigenvalue weighted by Gasteiger charge is -2.07. The van der Waals surface area contributed by atoms with Gasteiger partial charge >= 0.3 is 6.09 Å². The van der Waals surface area contributed by atoms with Crippen molar-refractivity contribution in [2.24, 2.45) is 0 Å². The zero-order valence-electron chi connectivity index (χ0n) is 17.1. The lowest BCUT2D eigenvalue weighted by atomic mass is 10.0. The predicted molar refractivity (Wildman–Crippen MR) is 117 cm³/mol. The van der Waals surface area contributed by atoms with E-state index in [0.717, 1.165) is 12.8 Å². The van der Waals surface area contributed by atoms with Gasteiger partial charge in [0.1, 0.15) is 0 Å². The molecule has 0 aliphatic carbocycles. The van der Waals surface area contributed by atoms with Crippen molar-refractivity contribution in [3.8, 4) is 0 Å². The third kappa shape index (κ3) is 14.5. The van der Waals surface area contributed by atoms with Crippen molar-refractivity contribution in [1.82, 2.24) is 0 Å². The molecule has 0 saturated heterocycles. The average molecular weight is 396 g/mol. The van der Waals surface area contributed by atoms with E-state index in [4.69, 9.17) is 16.3 Å². The summed E-state index contributed by atoms with van der Waals surface area (Å²) >= 11 is 5.88. The molecule has 1 aromatic carbocycles. The second kappa shape index (κ2) is 16.9. The minimum absolute atomic E-state index is 0.410. The Balaban J connectivity index is 1.82. The maximum atomic E-state index is 11.7. The fraction of sp³-hybridized carbons (Fsp3) is 0.696. The molecule has 1 amide bonds. The van der Waals surface area contributed by atoms with Crippen LogP contribution < -0.4 is 5.32 Å². The Morgan fingerprint density at radius 3 is 1.89 bits per heavy atom. The second-order valence-corrected chi connectivity index (χ2v) is 7.80. The summed E-state index contributed by atoms with van der Waals surface area (Å²) in [7, 11) is 0. The van der Waals surface area contributed by atoms with E-state index >= 15 is 0 Å². The van der Waals surface area contributed by atoms with Gasteiger partial charge in [-0.1, -0.05) is 108 Å². The van der Waals surface area contributed by atoms with E-state index in [9.17, 15) is 4.79 Å². The molecule has 27 heavy (non-hydrogen) atoms. The molecule has 0 radical (unpaired) electrons. The van der Waals surface area contributed by atoms with Crippen LogP contribution in [0.1, 0.15) is 96.8 Å². The summed E-state index contributed by atoms with van der Waals surface area (Å²) in [4.78, 5) is 11.7. The van der Waals surface area contributed by atoms with Crippen LogP contribution in [-0.2, 0) is 4.74 Å². The molecule has 0 spiro atoms. The van der Waals surface area contributed by atoms with Gasteiger partial charge in [0.25, 0.3) is 0 Å². The van der Waals surface area contributed by atoms with E-state index in [1.54, 1.807) is 24.3 Å². The molecule has 0 aliphatic heterocycles. The third-order valence-electron chi connectivity index (χ3n) is 4.80. The van der Waals surface area contributed by atoms with Crippen molar-refractivity contribution in [2.45, 2.75) is 96.8 Å². The van der Waals surface area contributed by atoms with Crippen LogP contribution >= 0.6 is 11.6 Å². The zero-order chi connectivity index (χ0) is 19.6. The maximum Gasteiger partial charge on any atom is 0.411 e. The van der Waals surface area contributed by atoms with E-state index in [2.05, 4.69) is 12.2 Å². The molecule has 1 N–H and O–H groups in total. The van der Waals surface area contributed by atoms with E-state index in [1.165, 1.54) is 77.0 Å². The van der Waals surface area contributed by atoms with Crippen molar-refractivity contribution in [1.29, 1.82) is 0 Å². The first-order valence-corrected chi connectivity index (χ1v) is 11.3. The highest BCUT2D eigenvalue weighted by molar-refractivity contribution is 6.30. The highest BCUT2D eigenvalue weighted by Gasteiger charge is 2.03.